The molecule has 0 radical (unpaired) electrons. The lowest BCUT2D eigenvalue weighted by atomic mass is 9.84. The second kappa shape index (κ2) is 14.8. The van der Waals surface area contributed by atoms with Gasteiger partial charge in [-0.15, -0.1) is 0 Å². The fourth-order valence-electron chi connectivity index (χ4n) is 6.46. The smallest absolute Gasteiger partial charge is 0.374 e. The Morgan fingerprint density at radius 1 is 0.625 bits per heavy atom. The lowest BCUT2D eigenvalue weighted by Gasteiger charge is -2.30. The largest absolute Gasteiger partial charge is 0.433 e. The van der Waals surface area contributed by atoms with E-state index in [1.54, 1.807) is 24.3 Å². The average Bonchev–Trinajstić information content (AvgIpc) is 3.42. The Morgan fingerprint density at radius 2 is 1.12 bits per heavy atom. The van der Waals surface area contributed by atoms with Gasteiger partial charge in [0.2, 0.25) is 0 Å². The van der Waals surface area contributed by atoms with E-state index < -0.39 is 59.3 Å². The highest BCUT2D eigenvalue weighted by Crippen LogP contribution is 2.48. The molecule has 48 heavy (non-hydrogen) atoms. The molecule has 6 rings (SSSR count). The fraction of sp³-hybridized carbons (Fsp3) is 0.378. The predicted octanol–water partition coefficient (Wildman–Crippen LogP) is 8.83. The first kappa shape index (κ1) is 34.1. The molecule has 4 atom stereocenters. The molecule has 254 valence electrons. The minimum atomic E-state index is -5.00. The van der Waals surface area contributed by atoms with E-state index in [2.05, 4.69) is 4.98 Å². The lowest BCUT2D eigenvalue weighted by molar-refractivity contribution is -0.148. The average molecular weight is 672 g/mol. The van der Waals surface area contributed by atoms with Crippen molar-refractivity contribution in [2.24, 2.45) is 0 Å². The van der Waals surface area contributed by atoms with E-state index in [1.807, 2.05) is 66.7 Å². The SMILES string of the molecule is FC(F)(F)c1nc([C@@H]2O[C@H](COCc3ccccc3)[C@@H](OCc3ccccc3)[C@H]2OCc2ccccc2)c(C(F)(F)F)c2c1CCCC2. The number of aromatic nitrogens is 1. The summed E-state index contributed by atoms with van der Waals surface area (Å²) in [5.41, 5.74) is -1.75. The number of hydrogen-bond acceptors (Lipinski definition) is 5. The zero-order chi connectivity index (χ0) is 33.7. The van der Waals surface area contributed by atoms with Crippen LogP contribution in [0.1, 0.15) is 63.7 Å². The zero-order valence-corrected chi connectivity index (χ0v) is 26.0. The van der Waals surface area contributed by atoms with Crippen molar-refractivity contribution in [3.8, 4) is 0 Å². The molecule has 5 nitrogen and oxygen atoms in total. The highest BCUT2D eigenvalue weighted by Gasteiger charge is 2.53. The molecular formula is C37H35F6NO4. The van der Waals surface area contributed by atoms with E-state index in [-0.39, 0.29) is 44.8 Å². The number of hydrogen-bond donors (Lipinski definition) is 0. The van der Waals surface area contributed by atoms with Crippen LogP contribution in [0.3, 0.4) is 0 Å². The van der Waals surface area contributed by atoms with Gasteiger partial charge < -0.3 is 18.9 Å². The van der Waals surface area contributed by atoms with Crippen molar-refractivity contribution in [1.82, 2.24) is 4.98 Å². The van der Waals surface area contributed by atoms with Crippen LogP contribution in [0, 0.1) is 0 Å². The van der Waals surface area contributed by atoms with Gasteiger partial charge >= 0.3 is 12.4 Å². The van der Waals surface area contributed by atoms with Crippen LogP contribution < -0.4 is 0 Å². The first-order chi connectivity index (χ1) is 23.1. The number of benzene rings is 3. The standard InChI is InChI=1S/C37H35F6NO4/c38-36(39,40)30-27-18-10-11-19-28(27)35(37(41,42)43)44-31(30)33-34(47-22-26-16-8-3-9-17-26)32(46-21-25-14-6-2-7-15-25)29(48-33)23-45-20-24-12-4-1-5-13-24/h1-9,12-17,29,32-34H,10-11,18-23H2/t29-,32-,33+,34-/m1/s1. The van der Waals surface area contributed by atoms with Gasteiger partial charge in [-0.05, 0) is 53.5 Å². The molecule has 2 aliphatic rings. The number of rotatable bonds is 11. The number of nitrogens with zero attached hydrogens (tertiary/aromatic N) is 1. The lowest BCUT2D eigenvalue weighted by Crippen LogP contribution is -2.38. The van der Waals surface area contributed by atoms with Crippen LogP contribution in [0.25, 0.3) is 0 Å². The summed E-state index contributed by atoms with van der Waals surface area (Å²) in [6.07, 6.45) is -14.5. The molecule has 0 bridgehead atoms. The number of fused-ring (bicyclic) bond motifs is 1. The highest BCUT2D eigenvalue weighted by molar-refractivity contribution is 5.46. The summed E-state index contributed by atoms with van der Waals surface area (Å²) in [6.45, 7) is 0.0655. The van der Waals surface area contributed by atoms with Crippen molar-refractivity contribution < 1.29 is 45.3 Å². The van der Waals surface area contributed by atoms with Gasteiger partial charge in [-0.25, -0.2) is 4.98 Å². The Hall–Kier alpha value is -3.77. The van der Waals surface area contributed by atoms with Crippen LogP contribution >= 0.6 is 0 Å². The Balaban J connectivity index is 1.43. The Morgan fingerprint density at radius 3 is 1.65 bits per heavy atom. The van der Waals surface area contributed by atoms with Crippen molar-refractivity contribution in [3.05, 3.63) is 136 Å². The molecule has 0 N–H and O–H groups in total. The number of ether oxygens (including phenoxy) is 4. The van der Waals surface area contributed by atoms with E-state index in [0.717, 1.165) is 11.1 Å². The molecule has 1 aromatic heterocycles. The van der Waals surface area contributed by atoms with E-state index in [4.69, 9.17) is 18.9 Å². The van der Waals surface area contributed by atoms with Crippen LogP contribution in [-0.4, -0.2) is 29.9 Å². The topological polar surface area (TPSA) is 49.8 Å². The van der Waals surface area contributed by atoms with Gasteiger partial charge in [-0.1, -0.05) is 91.0 Å². The molecule has 1 aliphatic heterocycles. The summed E-state index contributed by atoms with van der Waals surface area (Å²) in [6, 6.07) is 27.3. The molecule has 3 aromatic carbocycles. The zero-order valence-electron chi connectivity index (χ0n) is 26.0. The van der Waals surface area contributed by atoms with Crippen molar-refractivity contribution >= 4 is 0 Å². The van der Waals surface area contributed by atoms with Gasteiger partial charge in [-0.2, -0.15) is 26.3 Å². The summed E-state index contributed by atoms with van der Waals surface area (Å²) < 4.78 is 113. The summed E-state index contributed by atoms with van der Waals surface area (Å²) in [4.78, 5) is 3.78. The van der Waals surface area contributed by atoms with Crippen LogP contribution in [0.5, 0.6) is 0 Å². The van der Waals surface area contributed by atoms with Gasteiger partial charge in [0, 0.05) is 0 Å². The van der Waals surface area contributed by atoms with Gasteiger partial charge in [0.1, 0.15) is 30.1 Å². The maximum Gasteiger partial charge on any atom is 0.433 e. The highest BCUT2D eigenvalue weighted by atomic mass is 19.4. The van der Waals surface area contributed by atoms with Crippen molar-refractivity contribution in [2.45, 2.75) is 82.3 Å². The van der Waals surface area contributed by atoms with Crippen LogP contribution in [-0.2, 0) is 64.0 Å². The second-order valence-corrected chi connectivity index (χ2v) is 12.0. The van der Waals surface area contributed by atoms with Gasteiger partial charge in [0.05, 0.1) is 37.7 Å². The molecule has 0 unspecified atom stereocenters. The van der Waals surface area contributed by atoms with E-state index in [9.17, 15) is 26.3 Å². The number of alkyl halides is 6. The summed E-state index contributed by atoms with van der Waals surface area (Å²) in [5.74, 6) is 0. The van der Waals surface area contributed by atoms with Gasteiger partial charge in [0.15, 0.2) is 0 Å². The predicted molar refractivity (Wildman–Crippen MR) is 165 cm³/mol. The van der Waals surface area contributed by atoms with Crippen molar-refractivity contribution in [1.29, 1.82) is 0 Å². The number of halogens is 6. The third-order valence-corrected chi connectivity index (χ3v) is 8.64. The molecule has 0 amide bonds. The summed E-state index contributed by atoms with van der Waals surface area (Å²) in [7, 11) is 0. The minimum Gasteiger partial charge on any atom is -0.374 e. The molecule has 11 heteroatoms. The number of pyridine rings is 1. The van der Waals surface area contributed by atoms with E-state index in [0.29, 0.717) is 18.4 Å². The molecule has 1 fully saturated rings. The minimum absolute atomic E-state index is 0.0490. The maximum atomic E-state index is 15.0. The van der Waals surface area contributed by atoms with Gasteiger partial charge in [-0.3, -0.25) is 0 Å². The Bertz CT molecular complexity index is 1630. The molecule has 0 saturated carbocycles. The van der Waals surface area contributed by atoms with Crippen LogP contribution in [0.4, 0.5) is 26.3 Å². The molecule has 0 spiro atoms. The first-order valence-electron chi connectivity index (χ1n) is 15.9. The monoisotopic (exact) mass is 671 g/mol. The summed E-state index contributed by atoms with van der Waals surface area (Å²) in [5, 5.41) is 0. The van der Waals surface area contributed by atoms with E-state index in [1.165, 1.54) is 0 Å². The quantitative estimate of drug-likeness (QED) is 0.149. The van der Waals surface area contributed by atoms with Crippen LogP contribution in [0.15, 0.2) is 91.0 Å². The molecule has 2 heterocycles. The maximum absolute atomic E-state index is 15.0. The second-order valence-electron chi connectivity index (χ2n) is 12.0. The molecule has 1 aliphatic carbocycles. The van der Waals surface area contributed by atoms with Crippen molar-refractivity contribution in [3.63, 3.8) is 0 Å². The molecule has 1 saturated heterocycles. The summed E-state index contributed by atoms with van der Waals surface area (Å²) >= 11 is 0. The Labute approximate surface area is 274 Å². The third kappa shape index (κ3) is 7.92. The van der Waals surface area contributed by atoms with E-state index >= 15 is 0 Å². The fourth-order valence-corrected chi connectivity index (χ4v) is 6.46. The first-order valence-corrected chi connectivity index (χ1v) is 15.9. The Kier molecular flexibility index (Phi) is 10.5. The van der Waals surface area contributed by atoms with Crippen molar-refractivity contribution in [2.75, 3.05) is 6.61 Å². The molecular weight excluding hydrogens is 636 g/mol. The van der Waals surface area contributed by atoms with Crippen LogP contribution in [0.2, 0.25) is 0 Å². The third-order valence-electron chi connectivity index (χ3n) is 8.64. The van der Waals surface area contributed by atoms with Gasteiger partial charge in [0.25, 0.3) is 0 Å². The normalized spacial score (nSPS) is 21.3. The molecule has 4 aromatic rings.